The second-order valence-corrected chi connectivity index (χ2v) is 4.96. The van der Waals surface area contributed by atoms with Gasteiger partial charge in [-0.25, -0.2) is 19.6 Å². The molecule has 0 saturated heterocycles. The predicted octanol–water partition coefficient (Wildman–Crippen LogP) is -1.19. The summed E-state index contributed by atoms with van der Waals surface area (Å²) in [5, 5.41) is 4.87. The molecule has 1 unspecified atom stereocenters. The Morgan fingerprint density at radius 2 is 2.47 bits per heavy atom. The molecule has 1 aliphatic heterocycles. The van der Waals surface area contributed by atoms with E-state index in [9.17, 15) is 13.2 Å². The molecule has 15 heavy (non-hydrogen) atoms. The standard InChI is InChI=1S/C6H11N3O4S2/c1-2-13-5(10)4-3-14-6(8-4)9-15(7,11)12/h4H,2-3H2,1H3,(H,8,9)(H2,7,11,12). The molecule has 7 nitrogen and oxygen atoms in total. The first-order valence-electron chi connectivity index (χ1n) is 4.10. The molecule has 0 radical (unpaired) electrons. The molecule has 0 spiro atoms. The number of esters is 1. The first-order chi connectivity index (χ1) is 6.92. The largest absolute Gasteiger partial charge is 0.464 e. The van der Waals surface area contributed by atoms with Gasteiger partial charge in [-0.15, -0.1) is 0 Å². The monoisotopic (exact) mass is 253 g/mol. The number of thioether (sulfide) groups is 1. The maximum atomic E-state index is 11.2. The summed E-state index contributed by atoms with van der Waals surface area (Å²) in [6.07, 6.45) is 0. The van der Waals surface area contributed by atoms with E-state index in [2.05, 4.69) is 4.99 Å². The summed E-state index contributed by atoms with van der Waals surface area (Å²) in [6.45, 7) is 1.96. The van der Waals surface area contributed by atoms with Gasteiger partial charge in [-0.1, -0.05) is 11.8 Å². The quantitative estimate of drug-likeness (QED) is 0.615. The summed E-state index contributed by atoms with van der Waals surface area (Å²) in [4.78, 5) is 15.0. The zero-order valence-corrected chi connectivity index (χ0v) is 9.60. The molecule has 0 fully saturated rings. The minimum Gasteiger partial charge on any atom is -0.464 e. The third-order valence-corrected chi connectivity index (χ3v) is 3.01. The molecule has 1 rings (SSSR count). The smallest absolute Gasteiger partial charge is 0.331 e. The van der Waals surface area contributed by atoms with Crippen LogP contribution in [0.25, 0.3) is 0 Å². The Bertz CT molecular complexity index is 378. The molecule has 86 valence electrons. The van der Waals surface area contributed by atoms with E-state index in [1.54, 1.807) is 6.92 Å². The SMILES string of the molecule is CCOC(=O)C1CSC(NS(N)(=O)=O)=N1. The number of nitrogens with two attached hydrogens (primary N) is 1. The lowest BCUT2D eigenvalue weighted by molar-refractivity contribution is -0.143. The second-order valence-electron chi connectivity index (χ2n) is 2.66. The van der Waals surface area contributed by atoms with Crippen molar-refractivity contribution in [2.24, 2.45) is 10.1 Å². The maximum Gasteiger partial charge on any atom is 0.331 e. The fourth-order valence-corrected chi connectivity index (χ4v) is 2.52. The second kappa shape index (κ2) is 4.81. The van der Waals surface area contributed by atoms with E-state index >= 15 is 0 Å². The van der Waals surface area contributed by atoms with E-state index in [1.165, 1.54) is 0 Å². The summed E-state index contributed by atoms with van der Waals surface area (Å²) in [7, 11) is -3.82. The zero-order chi connectivity index (χ0) is 11.5. The van der Waals surface area contributed by atoms with Crippen molar-refractivity contribution in [2.45, 2.75) is 13.0 Å². The number of carbonyl (C=O) groups is 1. The van der Waals surface area contributed by atoms with Crippen molar-refractivity contribution >= 4 is 33.1 Å². The van der Waals surface area contributed by atoms with Crippen LogP contribution in [0, 0.1) is 0 Å². The van der Waals surface area contributed by atoms with Crippen molar-refractivity contribution in [3.8, 4) is 0 Å². The molecular formula is C6H11N3O4S2. The number of nitrogens with one attached hydrogen (secondary N) is 1. The number of amidine groups is 1. The van der Waals surface area contributed by atoms with Crippen LogP contribution in [-0.2, 0) is 19.7 Å². The molecule has 0 aromatic carbocycles. The number of ether oxygens (including phenoxy) is 1. The Morgan fingerprint density at radius 3 is 3.00 bits per heavy atom. The molecule has 0 amide bonds. The molecule has 1 atom stereocenters. The van der Waals surface area contributed by atoms with Crippen molar-refractivity contribution in [2.75, 3.05) is 12.4 Å². The van der Waals surface area contributed by atoms with E-state index in [-0.39, 0.29) is 11.8 Å². The number of rotatable bonds is 3. The fraction of sp³-hybridized carbons (Fsp3) is 0.667. The van der Waals surface area contributed by atoms with E-state index < -0.39 is 22.2 Å². The predicted molar refractivity (Wildman–Crippen MR) is 56.6 cm³/mol. The minimum absolute atomic E-state index is 0.121. The highest BCUT2D eigenvalue weighted by atomic mass is 32.2. The van der Waals surface area contributed by atoms with Crippen LogP contribution in [-0.4, -0.2) is 38.0 Å². The number of nitrogens with zero attached hydrogens (tertiary/aromatic N) is 1. The van der Waals surface area contributed by atoms with Gasteiger partial charge in [0, 0.05) is 5.75 Å². The summed E-state index contributed by atoms with van der Waals surface area (Å²) in [5.41, 5.74) is 0. The van der Waals surface area contributed by atoms with Gasteiger partial charge in [-0.3, -0.25) is 0 Å². The van der Waals surface area contributed by atoms with Crippen molar-refractivity contribution < 1.29 is 17.9 Å². The molecule has 0 bridgehead atoms. The van der Waals surface area contributed by atoms with Crippen LogP contribution in [0.1, 0.15) is 6.92 Å². The van der Waals surface area contributed by atoms with E-state index in [1.807, 2.05) is 4.72 Å². The van der Waals surface area contributed by atoms with Gasteiger partial charge in [0.1, 0.15) is 0 Å². The molecule has 9 heteroatoms. The van der Waals surface area contributed by atoms with Gasteiger partial charge in [0.05, 0.1) is 6.61 Å². The summed E-state index contributed by atoms with van der Waals surface area (Å²) >= 11 is 1.11. The third kappa shape index (κ3) is 4.06. The van der Waals surface area contributed by atoms with Crippen LogP contribution in [0.15, 0.2) is 4.99 Å². The van der Waals surface area contributed by atoms with E-state index in [0.29, 0.717) is 5.75 Å². The highest BCUT2D eigenvalue weighted by molar-refractivity contribution is 8.15. The molecule has 0 aliphatic carbocycles. The van der Waals surface area contributed by atoms with Crippen molar-refractivity contribution in [1.29, 1.82) is 0 Å². The van der Waals surface area contributed by atoms with Crippen LogP contribution in [0.3, 0.4) is 0 Å². The highest BCUT2D eigenvalue weighted by Crippen LogP contribution is 2.17. The summed E-state index contributed by atoms with van der Waals surface area (Å²) in [5.74, 6) is -0.104. The Balaban J connectivity index is 2.59. The Morgan fingerprint density at radius 1 is 1.80 bits per heavy atom. The first kappa shape index (κ1) is 12.3. The van der Waals surface area contributed by atoms with Crippen LogP contribution < -0.4 is 9.86 Å². The van der Waals surface area contributed by atoms with Gasteiger partial charge in [-0.2, -0.15) is 8.42 Å². The minimum atomic E-state index is -3.82. The fourth-order valence-electron chi connectivity index (χ4n) is 0.911. The molecule has 0 aromatic rings. The van der Waals surface area contributed by atoms with Gasteiger partial charge in [0.2, 0.25) is 0 Å². The molecule has 1 heterocycles. The lowest BCUT2D eigenvalue weighted by Crippen LogP contribution is -2.33. The van der Waals surface area contributed by atoms with E-state index in [4.69, 9.17) is 9.88 Å². The number of aliphatic imine (C=N–C) groups is 1. The van der Waals surface area contributed by atoms with Gasteiger partial charge < -0.3 is 4.74 Å². The van der Waals surface area contributed by atoms with Crippen molar-refractivity contribution in [3.63, 3.8) is 0 Å². The third-order valence-electron chi connectivity index (χ3n) is 1.44. The zero-order valence-electron chi connectivity index (χ0n) is 7.97. The molecule has 0 aromatic heterocycles. The average molecular weight is 253 g/mol. The Labute approximate surface area is 91.6 Å². The van der Waals surface area contributed by atoms with Crippen molar-refractivity contribution in [1.82, 2.24) is 4.72 Å². The highest BCUT2D eigenvalue weighted by Gasteiger charge is 2.27. The maximum absolute atomic E-state index is 11.2. The lowest BCUT2D eigenvalue weighted by Gasteiger charge is -2.03. The van der Waals surface area contributed by atoms with Gasteiger partial charge in [-0.05, 0) is 6.92 Å². The average Bonchev–Trinajstić information content (AvgIpc) is 2.50. The topological polar surface area (TPSA) is 111 Å². The Hall–Kier alpha value is -0.800. The van der Waals surface area contributed by atoms with Gasteiger partial charge >= 0.3 is 5.97 Å². The molecule has 3 N–H and O–H groups in total. The van der Waals surface area contributed by atoms with Gasteiger partial charge in [0.25, 0.3) is 10.2 Å². The van der Waals surface area contributed by atoms with Crippen LogP contribution in [0.4, 0.5) is 0 Å². The lowest BCUT2D eigenvalue weighted by atomic mass is 10.4. The summed E-state index contributed by atoms with van der Waals surface area (Å²) < 4.78 is 28.0. The van der Waals surface area contributed by atoms with E-state index in [0.717, 1.165) is 11.8 Å². The van der Waals surface area contributed by atoms with Crippen LogP contribution in [0.5, 0.6) is 0 Å². The number of hydrogen-bond donors (Lipinski definition) is 2. The molecule has 1 aliphatic rings. The molecular weight excluding hydrogens is 242 g/mol. The van der Waals surface area contributed by atoms with Crippen molar-refractivity contribution in [3.05, 3.63) is 0 Å². The normalized spacial score (nSPS) is 20.9. The number of hydrogen-bond acceptors (Lipinski definition) is 6. The molecule has 0 saturated carbocycles. The first-order valence-corrected chi connectivity index (χ1v) is 6.63. The number of carbonyl (C=O) groups excluding carboxylic acids is 1. The van der Waals surface area contributed by atoms with Crippen LogP contribution >= 0.6 is 11.8 Å². The van der Waals surface area contributed by atoms with Crippen LogP contribution in [0.2, 0.25) is 0 Å². The summed E-state index contributed by atoms with van der Waals surface area (Å²) in [6, 6.07) is -0.654. The van der Waals surface area contributed by atoms with Gasteiger partial charge in [0.15, 0.2) is 11.2 Å². The Kier molecular flexibility index (Phi) is 3.94.